The van der Waals surface area contributed by atoms with Gasteiger partial charge in [-0.3, -0.25) is 9.59 Å². The van der Waals surface area contributed by atoms with Crippen molar-refractivity contribution in [3.05, 3.63) is 23.5 Å². The number of ketones is 1. The summed E-state index contributed by atoms with van der Waals surface area (Å²) < 4.78 is 0. The van der Waals surface area contributed by atoms with Crippen molar-refractivity contribution >= 4 is 22.7 Å². The summed E-state index contributed by atoms with van der Waals surface area (Å²) in [6.07, 6.45) is 21.1. The van der Waals surface area contributed by atoms with Gasteiger partial charge in [0.05, 0.1) is 5.75 Å². The van der Waals surface area contributed by atoms with Crippen LogP contribution in [0.5, 0.6) is 0 Å². The number of allylic oxidation sites excluding steroid dienone is 3. The molecule has 0 radical (unpaired) electrons. The Morgan fingerprint density at radius 2 is 1.42 bits per heavy atom. The Morgan fingerprint density at radius 3 is 1.96 bits per heavy atom. The zero-order chi connectivity index (χ0) is 19.0. The predicted octanol–water partition coefficient (Wildman–Crippen LogP) is 6.68. The second-order valence-electron chi connectivity index (χ2n) is 7.16. The first kappa shape index (κ1) is 23.0. The maximum atomic E-state index is 11.5. The minimum absolute atomic E-state index is 0.00243. The van der Waals surface area contributed by atoms with Crippen LogP contribution < -0.4 is 0 Å². The number of thioether (sulfide) groups is 1. The van der Waals surface area contributed by atoms with Crippen LogP contribution in [-0.2, 0) is 9.59 Å². The molecule has 0 atom stereocenters. The van der Waals surface area contributed by atoms with E-state index in [9.17, 15) is 14.7 Å². The molecule has 1 heterocycles. The van der Waals surface area contributed by atoms with Gasteiger partial charge < -0.3 is 5.11 Å². The first-order chi connectivity index (χ1) is 12.7. The molecule has 1 aliphatic heterocycles. The van der Waals surface area contributed by atoms with Gasteiger partial charge in [0, 0.05) is 6.42 Å². The third-order valence-corrected chi connectivity index (χ3v) is 5.65. The van der Waals surface area contributed by atoms with Gasteiger partial charge in [-0.1, -0.05) is 82.2 Å². The van der Waals surface area contributed by atoms with Gasteiger partial charge in [-0.25, -0.2) is 0 Å². The molecule has 1 fully saturated rings. The van der Waals surface area contributed by atoms with Gasteiger partial charge in [-0.15, -0.1) is 0 Å². The smallest absolute Gasteiger partial charge is 0.226 e. The monoisotopic (exact) mass is 380 g/mol. The van der Waals surface area contributed by atoms with Gasteiger partial charge in [0.25, 0.3) is 0 Å². The molecule has 1 aliphatic rings. The van der Waals surface area contributed by atoms with E-state index in [0.29, 0.717) is 6.42 Å². The van der Waals surface area contributed by atoms with E-state index in [-0.39, 0.29) is 28.0 Å². The zero-order valence-electron chi connectivity index (χ0n) is 16.4. The molecule has 148 valence electrons. The number of rotatable bonds is 15. The number of aliphatic hydroxyl groups excluding tert-OH is 1. The van der Waals surface area contributed by atoms with Gasteiger partial charge in [0.2, 0.25) is 5.12 Å². The van der Waals surface area contributed by atoms with Crippen LogP contribution in [0, 0.1) is 0 Å². The highest BCUT2D eigenvalue weighted by molar-refractivity contribution is 8.15. The fourth-order valence-corrected chi connectivity index (χ4v) is 3.94. The van der Waals surface area contributed by atoms with Crippen molar-refractivity contribution in [1.82, 2.24) is 0 Å². The Hall–Kier alpha value is -1.03. The van der Waals surface area contributed by atoms with E-state index >= 15 is 0 Å². The van der Waals surface area contributed by atoms with Crippen molar-refractivity contribution < 1.29 is 14.7 Å². The molecule has 4 heteroatoms. The SMILES string of the molecule is CCCCCCCC/C=C\CCCCCCC/C(O)=C1/C(=O)CSC1=O. The molecule has 0 spiro atoms. The average molecular weight is 381 g/mol. The molecule has 0 unspecified atom stereocenters. The van der Waals surface area contributed by atoms with Crippen LogP contribution in [-0.4, -0.2) is 21.8 Å². The summed E-state index contributed by atoms with van der Waals surface area (Å²) in [6.45, 7) is 2.25. The van der Waals surface area contributed by atoms with Gasteiger partial charge in [-0.05, 0) is 32.1 Å². The molecule has 0 bridgehead atoms. The number of carbonyl (C=O) groups excluding carboxylic acids is 2. The van der Waals surface area contributed by atoms with Crippen LogP contribution in [0.3, 0.4) is 0 Å². The Labute approximate surface area is 163 Å². The molecule has 0 aromatic heterocycles. The lowest BCUT2D eigenvalue weighted by atomic mass is 10.1. The normalized spacial score (nSPS) is 16.8. The lowest BCUT2D eigenvalue weighted by Gasteiger charge is -2.03. The summed E-state index contributed by atoms with van der Waals surface area (Å²) in [5.41, 5.74) is 0.0468. The van der Waals surface area contributed by atoms with E-state index in [0.717, 1.165) is 37.4 Å². The molecule has 0 saturated carbocycles. The van der Waals surface area contributed by atoms with Crippen molar-refractivity contribution in [1.29, 1.82) is 0 Å². The van der Waals surface area contributed by atoms with E-state index in [2.05, 4.69) is 19.1 Å². The van der Waals surface area contributed by atoms with Crippen molar-refractivity contribution in [3.8, 4) is 0 Å². The van der Waals surface area contributed by atoms with E-state index in [1.54, 1.807) is 0 Å². The Bertz CT molecular complexity index is 462. The van der Waals surface area contributed by atoms with Gasteiger partial charge in [0.1, 0.15) is 11.3 Å². The third-order valence-electron chi connectivity index (χ3n) is 4.78. The van der Waals surface area contributed by atoms with Crippen molar-refractivity contribution in [2.24, 2.45) is 0 Å². The molecule has 1 rings (SSSR count). The molecule has 1 N–H and O–H groups in total. The van der Waals surface area contributed by atoms with E-state index in [1.165, 1.54) is 57.8 Å². The van der Waals surface area contributed by atoms with Crippen LogP contribution in [0.1, 0.15) is 96.8 Å². The fourth-order valence-electron chi connectivity index (χ4n) is 3.16. The minimum atomic E-state index is -0.264. The van der Waals surface area contributed by atoms with Gasteiger partial charge in [-0.2, -0.15) is 0 Å². The topological polar surface area (TPSA) is 54.4 Å². The maximum absolute atomic E-state index is 11.5. The van der Waals surface area contributed by atoms with Crippen molar-refractivity contribution in [2.75, 3.05) is 5.75 Å². The molecular weight excluding hydrogens is 344 g/mol. The summed E-state index contributed by atoms with van der Waals surface area (Å²) in [5, 5.41) is 9.65. The lowest BCUT2D eigenvalue weighted by Crippen LogP contribution is -2.05. The quantitative estimate of drug-likeness (QED) is 0.113. The Kier molecular flexibility index (Phi) is 13.3. The number of unbranched alkanes of at least 4 members (excludes halogenated alkanes) is 11. The molecular formula is C22H36O3S. The highest BCUT2D eigenvalue weighted by Crippen LogP contribution is 2.26. The highest BCUT2D eigenvalue weighted by atomic mass is 32.2. The molecule has 0 amide bonds. The number of hydrogen-bond donors (Lipinski definition) is 1. The zero-order valence-corrected chi connectivity index (χ0v) is 17.2. The molecule has 3 nitrogen and oxygen atoms in total. The van der Waals surface area contributed by atoms with Crippen molar-refractivity contribution in [3.63, 3.8) is 0 Å². The summed E-state index contributed by atoms with van der Waals surface area (Å²) in [5.74, 6) is -0.0298. The molecule has 0 aromatic carbocycles. The van der Waals surface area contributed by atoms with Gasteiger partial charge >= 0.3 is 0 Å². The van der Waals surface area contributed by atoms with E-state index in [4.69, 9.17) is 0 Å². The summed E-state index contributed by atoms with van der Waals surface area (Å²) in [7, 11) is 0. The molecule has 0 aromatic rings. The van der Waals surface area contributed by atoms with Crippen LogP contribution in [0.25, 0.3) is 0 Å². The Balaban J connectivity index is 1.92. The van der Waals surface area contributed by atoms with Crippen LogP contribution in [0.15, 0.2) is 23.5 Å². The lowest BCUT2D eigenvalue weighted by molar-refractivity contribution is -0.115. The molecule has 0 aliphatic carbocycles. The molecule has 26 heavy (non-hydrogen) atoms. The first-order valence-electron chi connectivity index (χ1n) is 10.4. The van der Waals surface area contributed by atoms with E-state index < -0.39 is 0 Å². The van der Waals surface area contributed by atoms with Gasteiger partial charge in [0.15, 0.2) is 5.78 Å². The average Bonchev–Trinajstić information content (AvgIpc) is 2.96. The van der Waals surface area contributed by atoms with E-state index in [1.807, 2.05) is 0 Å². The van der Waals surface area contributed by atoms with Crippen LogP contribution in [0.4, 0.5) is 0 Å². The standard InChI is InChI=1S/C22H36O3S/c1-2-3-4-5-6-7-8-9-10-11-12-13-14-15-16-17-19(23)21-20(24)18-26-22(21)25/h9-10,23H,2-8,11-18H2,1H3/b10-9-,21-19+. The van der Waals surface area contributed by atoms with Crippen molar-refractivity contribution in [2.45, 2.75) is 96.8 Å². The second kappa shape index (κ2) is 15.1. The number of aliphatic hydroxyl groups is 1. The molecule has 1 saturated heterocycles. The summed E-state index contributed by atoms with van der Waals surface area (Å²) in [6, 6.07) is 0. The Morgan fingerprint density at radius 1 is 0.885 bits per heavy atom. The second-order valence-corrected chi connectivity index (χ2v) is 8.10. The number of hydrogen-bond acceptors (Lipinski definition) is 4. The minimum Gasteiger partial charge on any atom is -0.511 e. The summed E-state index contributed by atoms with van der Waals surface area (Å²) in [4.78, 5) is 23.0. The summed E-state index contributed by atoms with van der Waals surface area (Å²) >= 11 is 0.993. The third kappa shape index (κ3) is 10.2. The maximum Gasteiger partial charge on any atom is 0.226 e. The first-order valence-corrected chi connectivity index (χ1v) is 11.4. The van der Waals surface area contributed by atoms with Crippen LogP contribution in [0.2, 0.25) is 0 Å². The fraction of sp³-hybridized carbons (Fsp3) is 0.727. The van der Waals surface area contributed by atoms with Crippen LogP contribution >= 0.6 is 11.8 Å². The predicted molar refractivity (Wildman–Crippen MR) is 112 cm³/mol. The highest BCUT2D eigenvalue weighted by Gasteiger charge is 2.30. The number of carbonyl (C=O) groups is 2. The largest absolute Gasteiger partial charge is 0.511 e. The number of Topliss-reactive ketones (excluding diaryl/α,β-unsaturated/α-hetero) is 1.